The van der Waals surface area contributed by atoms with Gasteiger partial charge in [0, 0.05) is 5.41 Å². The van der Waals surface area contributed by atoms with E-state index >= 15 is 0 Å². The molecule has 0 aromatic rings. The average Bonchev–Trinajstić information content (AvgIpc) is 2.38. The van der Waals surface area contributed by atoms with Gasteiger partial charge in [0.25, 0.3) is 0 Å². The van der Waals surface area contributed by atoms with Gasteiger partial charge in [-0.2, -0.15) is 0 Å². The van der Waals surface area contributed by atoms with Gasteiger partial charge in [-0.15, -0.1) is 12.6 Å². The lowest BCUT2D eigenvalue weighted by Gasteiger charge is -2.03. The van der Waals surface area contributed by atoms with Crippen LogP contribution in [0.2, 0.25) is 0 Å². The largest absolute Gasteiger partial charge is 0.445 e. The summed E-state index contributed by atoms with van der Waals surface area (Å²) in [6, 6.07) is 0. The quantitative estimate of drug-likeness (QED) is 0.454. The minimum Gasteiger partial charge on any atom is -0.445 e. The molecule has 0 aliphatic carbocycles. The molecule has 0 fully saturated rings. The van der Waals surface area contributed by atoms with Crippen molar-refractivity contribution in [1.82, 2.24) is 5.32 Å². The van der Waals surface area contributed by atoms with Crippen LogP contribution in [0.25, 0.3) is 0 Å². The van der Waals surface area contributed by atoms with Crippen LogP contribution in [0.3, 0.4) is 0 Å². The topological polar surface area (TPSA) is 50.7 Å². The van der Waals surface area contributed by atoms with Crippen molar-refractivity contribution in [2.45, 2.75) is 27.7 Å². The summed E-state index contributed by atoms with van der Waals surface area (Å²) < 4.78 is 4.59. The lowest BCUT2D eigenvalue weighted by molar-refractivity contribution is 0.161. The fraction of sp³-hybridized carbons (Fsp3) is 0.455. The molecule has 0 saturated heterocycles. The number of thiol groups is 1. The second kappa shape index (κ2) is 19.4. The van der Waals surface area contributed by atoms with Gasteiger partial charge in [0.1, 0.15) is 12.4 Å². The molecular weight excluding hydrogens is 224 g/mol. The summed E-state index contributed by atoms with van der Waals surface area (Å²) >= 11 is 3.78. The van der Waals surface area contributed by atoms with E-state index in [0.29, 0.717) is 0 Å². The molecule has 0 radical (unpaired) electrons. The Morgan fingerprint density at radius 3 is 2.25 bits per heavy atom. The number of nitrogens with zero attached hydrogens (tertiary/aromatic N) is 1. The lowest BCUT2D eigenvalue weighted by Crippen LogP contribution is -2.22. The molecule has 4 nitrogen and oxygen atoms in total. The summed E-state index contributed by atoms with van der Waals surface area (Å²) in [5, 5.41) is 3.61. The van der Waals surface area contributed by atoms with Gasteiger partial charge in [-0.1, -0.05) is 40.3 Å². The number of rotatable bonds is 4. The van der Waals surface area contributed by atoms with Gasteiger partial charge in [-0.05, 0) is 6.72 Å². The van der Waals surface area contributed by atoms with Gasteiger partial charge in [0.15, 0.2) is 0 Å². The Morgan fingerprint density at radius 1 is 1.44 bits per heavy atom. The van der Waals surface area contributed by atoms with Gasteiger partial charge in [-0.3, -0.25) is 5.32 Å². The summed E-state index contributed by atoms with van der Waals surface area (Å²) in [5.74, 6) is 0.243. The molecule has 0 bridgehead atoms. The Morgan fingerprint density at radius 2 is 1.94 bits per heavy atom. The van der Waals surface area contributed by atoms with Crippen LogP contribution in [0.5, 0.6) is 0 Å². The highest BCUT2D eigenvalue weighted by Gasteiger charge is 2.00. The fourth-order valence-electron chi connectivity index (χ4n) is 0.388. The maximum Gasteiger partial charge on any atom is 0.413 e. The molecule has 5 heteroatoms. The second-order valence-electron chi connectivity index (χ2n) is 1.68. The first kappa shape index (κ1) is 20.2. The van der Waals surface area contributed by atoms with E-state index < -0.39 is 6.09 Å². The van der Waals surface area contributed by atoms with E-state index in [1.807, 2.05) is 27.7 Å². The third kappa shape index (κ3) is 15.3. The zero-order chi connectivity index (χ0) is 13.4. The van der Waals surface area contributed by atoms with Crippen molar-refractivity contribution in [3.05, 3.63) is 23.9 Å². The summed E-state index contributed by atoms with van der Waals surface area (Å²) in [4.78, 5) is 14.2. The molecule has 0 heterocycles. The number of ether oxygens (including phenoxy) is 1. The first-order valence-corrected chi connectivity index (χ1v) is 5.62. The van der Waals surface area contributed by atoms with Gasteiger partial charge < -0.3 is 4.74 Å². The van der Waals surface area contributed by atoms with E-state index in [1.165, 1.54) is 11.5 Å². The number of amides is 1. The fourth-order valence-corrected chi connectivity index (χ4v) is 0.534. The van der Waals surface area contributed by atoms with Crippen LogP contribution in [0, 0.1) is 0 Å². The minimum atomic E-state index is -0.609. The van der Waals surface area contributed by atoms with E-state index in [-0.39, 0.29) is 12.4 Å². The van der Waals surface area contributed by atoms with Crippen LogP contribution in [0.15, 0.2) is 28.9 Å². The van der Waals surface area contributed by atoms with Crippen LogP contribution in [0.1, 0.15) is 27.7 Å². The highest BCUT2D eigenvalue weighted by atomic mass is 32.1. The van der Waals surface area contributed by atoms with E-state index in [2.05, 4.69) is 41.0 Å². The third-order valence-corrected chi connectivity index (χ3v) is 1.10. The number of alkyl carbamates (subject to hydrolysis) is 1. The number of hydrogen-bond acceptors (Lipinski definition) is 4. The maximum atomic E-state index is 10.8. The van der Waals surface area contributed by atoms with Crippen LogP contribution in [-0.4, -0.2) is 19.4 Å². The van der Waals surface area contributed by atoms with Crippen molar-refractivity contribution in [2.75, 3.05) is 6.61 Å². The molecule has 0 rings (SSSR count). The predicted molar refractivity (Wildman–Crippen MR) is 74.0 cm³/mol. The summed E-state index contributed by atoms with van der Waals surface area (Å²) in [6.45, 7) is 14.7. The van der Waals surface area contributed by atoms with Gasteiger partial charge in [0.05, 0.1) is 0 Å². The number of aliphatic imine (C=N–C) groups is 1. The third-order valence-electron chi connectivity index (χ3n) is 0.855. The Balaban J connectivity index is -0.000000376. The lowest BCUT2D eigenvalue weighted by atomic mass is 10.7. The molecule has 94 valence electrons. The van der Waals surface area contributed by atoms with Crippen LogP contribution >= 0.6 is 12.6 Å². The van der Waals surface area contributed by atoms with Crippen molar-refractivity contribution < 1.29 is 9.53 Å². The highest BCUT2D eigenvalue weighted by molar-refractivity contribution is 7.83. The zero-order valence-corrected chi connectivity index (χ0v) is 11.4. The van der Waals surface area contributed by atoms with E-state index in [0.717, 1.165) is 0 Å². The molecular formula is C11H22N2O2S. The number of nitrogens with one attached hydrogen (secondary N) is 1. The molecule has 0 aliphatic rings. The molecule has 0 unspecified atom stereocenters. The van der Waals surface area contributed by atoms with Crippen LogP contribution in [-0.2, 0) is 4.74 Å². The number of carbonyl (C=O) groups is 1. The van der Waals surface area contributed by atoms with Gasteiger partial charge in [0.2, 0.25) is 0 Å². The van der Waals surface area contributed by atoms with Crippen molar-refractivity contribution in [3.8, 4) is 0 Å². The average molecular weight is 246 g/mol. The molecule has 0 spiro atoms. The highest BCUT2D eigenvalue weighted by Crippen LogP contribution is 1.93. The second-order valence-corrected chi connectivity index (χ2v) is 1.94. The van der Waals surface area contributed by atoms with E-state index in [4.69, 9.17) is 0 Å². The first-order chi connectivity index (χ1) is 7.74. The summed E-state index contributed by atoms with van der Waals surface area (Å²) in [6.07, 6.45) is 0.855. The molecule has 1 amide bonds. The van der Waals surface area contributed by atoms with E-state index in [1.54, 1.807) is 0 Å². The number of carbonyl (C=O) groups excluding carboxylic acids is 1. The molecule has 0 aromatic carbocycles. The molecule has 1 N–H and O–H groups in total. The first-order valence-electron chi connectivity index (χ1n) is 5.10. The normalized spacial score (nSPS) is 8.44. The Hall–Kier alpha value is -1.23. The minimum absolute atomic E-state index is 0.156. The molecule has 0 aromatic heterocycles. The van der Waals surface area contributed by atoms with Crippen molar-refractivity contribution in [1.29, 1.82) is 0 Å². The predicted octanol–water partition coefficient (Wildman–Crippen LogP) is 3.38. The molecule has 0 aliphatic heterocycles. The Bertz CT molecular complexity index is 216. The molecule has 0 atom stereocenters. The van der Waals surface area contributed by atoms with Crippen molar-refractivity contribution in [2.24, 2.45) is 4.99 Å². The van der Waals surface area contributed by atoms with E-state index in [9.17, 15) is 4.79 Å². The SMILES string of the molecule is C=CCOC(=O)N/C(=C/S)N=C.CC.CC. The standard InChI is InChI=1S/C7H10N2O2S.2C2H6/c1-3-4-11-7(10)9-6(5-12)8-2;2*1-2/h3,5,12H,1-2,4H2,(H,9,10);2*1-2H3/b6-5+;;. The summed E-state index contributed by atoms with van der Waals surface area (Å²) in [7, 11) is 0. The monoisotopic (exact) mass is 246 g/mol. The van der Waals surface area contributed by atoms with Crippen molar-refractivity contribution in [3.63, 3.8) is 0 Å². The zero-order valence-electron chi connectivity index (χ0n) is 10.5. The van der Waals surface area contributed by atoms with Gasteiger partial charge >= 0.3 is 6.09 Å². The molecule has 0 saturated carbocycles. The maximum absolute atomic E-state index is 10.8. The molecule has 16 heavy (non-hydrogen) atoms. The van der Waals surface area contributed by atoms with Gasteiger partial charge in [-0.25, -0.2) is 9.79 Å². The summed E-state index contributed by atoms with van der Waals surface area (Å²) in [5.41, 5.74) is 0. The van der Waals surface area contributed by atoms with Crippen molar-refractivity contribution >= 4 is 25.4 Å². The number of hydrogen-bond donors (Lipinski definition) is 2. The Labute approximate surface area is 104 Å². The Kier molecular flexibility index (Phi) is 24.5. The van der Waals surface area contributed by atoms with Crippen LogP contribution in [0.4, 0.5) is 4.79 Å². The smallest absolute Gasteiger partial charge is 0.413 e. The van der Waals surface area contributed by atoms with Crippen LogP contribution < -0.4 is 5.32 Å².